The summed E-state index contributed by atoms with van der Waals surface area (Å²) >= 11 is 0. The van der Waals surface area contributed by atoms with Crippen LogP contribution in [0.2, 0.25) is 0 Å². The molecule has 2 N–H and O–H groups in total. The van der Waals surface area contributed by atoms with Crippen molar-refractivity contribution in [1.82, 2.24) is 5.32 Å². The summed E-state index contributed by atoms with van der Waals surface area (Å²) in [4.78, 5) is 37.8. The number of rotatable bonds is 0. The highest BCUT2D eigenvalue weighted by Crippen LogP contribution is 2.57. The third kappa shape index (κ3) is 1.58. The van der Waals surface area contributed by atoms with Gasteiger partial charge in [-0.15, -0.1) is 0 Å². The number of fused-ring (bicyclic) bond motifs is 1. The quantitative estimate of drug-likeness (QED) is 0.631. The number of amides is 1. The maximum Gasteiger partial charge on any atom is 0.241 e. The van der Waals surface area contributed by atoms with Crippen molar-refractivity contribution in [2.24, 2.45) is 11.3 Å². The first kappa shape index (κ1) is 14.8. The Morgan fingerprint density at radius 3 is 2.78 bits per heavy atom. The standard InChI is InChI=1S/C17H19NO5/c1-8-5-12-11(20)4-3-9-6-10(19)7-13-17(9,23-12)16(2,14(8)21)15(22)18-13/h6-8,11-12,20H,3-5H2,1-2H3,(H,18,22). The van der Waals surface area contributed by atoms with E-state index in [1.165, 1.54) is 12.2 Å². The van der Waals surface area contributed by atoms with Crippen LogP contribution in [0.3, 0.4) is 0 Å². The second-order valence-corrected chi connectivity index (χ2v) is 7.15. The molecule has 1 amide bonds. The number of aliphatic hydroxyl groups is 1. The maximum atomic E-state index is 13.1. The predicted octanol–water partition coefficient (Wildman–Crippen LogP) is 0.403. The summed E-state index contributed by atoms with van der Waals surface area (Å²) in [6.45, 7) is 3.37. The molecule has 2 bridgehead atoms. The van der Waals surface area contributed by atoms with Gasteiger partial charge in [0.2, 0.25) is 5.91 Å². The number of carbonyl (C=O) groups is 3. The minimum Gasteiger partial charge on any atom is -0.390 e. The summed E-state index contributed by atoms with van der Waals surface area (Å²) in [5, 5.41) is 13.1. The van der Waals surface area contributed by atoms with Crippen molar-refractivity contribution in [3.63, 3.8) is 0 Å². The van der Waals surface area contributed by atoms with Crippen LogP contribution in [0.5, 0.6) is 0 Å². The lowest BCUT2D eigenvalue weighted by atomic mass is 9.63. The monoisotopic (exact) mass is 317 g/mol. The van der Waals surface area contributed by atoms with E-state index in [0.717, 1.165) is 0 Å². The van der Waals surface area contributed by atoms with E-state index in [0.29, 0.717) is 30.5 Å². The van der Waals surface area contributed by atoms with E-state index in [-0.39, 0.29) is 11.6 Å². The number of nitrogens with one attached hydrogen (secondary N) is 1. The Morgan fingerprint density at radius 1 is 1.30 bits per heavy atom. The normalized spacial score (nSPS) is 45.5. The molecule has 3 aliphatic heterocycles. The predicted molar refractivity (Wildman–Crippen MR) is 79.1 cm³/mol. The number of hydrogen-bond donors (Lipinski definition) is 2. The lowest BCUT2D eigenvalue weighted by Crippen LogP contribution is -2.55. The molecule has 3 fully saturated rings. The third-order valence-electron chi connectivity index (χ3n) is 5.83. The summed E-state index contributed by atoms with van der Waals surface area (Å²) in [5.41, 5.74) is -1.73. The molecule has 3 heterocycles. The van der Waals surface area contributed by atoms with Crippen LogP contribution in [0.25, 0.3) is 0 Å². The van der Waals surface area contributed by atoms with Gasteiger partial charge in [0.15, 0.2) is 17.2 Å². The molecule has 0 aromatic rings. The topological polar surface area (TPSA) is 92.7 Å². The number of Topliss-reactive ketones (excluding diaryl/α,β-unsaturated/α-hetero) is 1. The molecule has 6 heteroatoms. The zero-order valence-electron chi connectivity index (χ0n) is 13.1. The van der Waals surface area contributed by atoms with Crippen LogP contribution in [-0.4, -0.2) is 40.4 Å². The van der Waals surface area contributed by atoms with Crippen molar-refractivity contribution >= 4 is 17.5 Å². The zero-order valence-corrected chi connectivity index (χ0v) is 13.1. The molecule has 4 rings (SSSR count). The smallest absolute Gasteiger partial charge is 0.241 e. The van der Waals surface area contributed by atoms with E-state index in [2.05, 4.69) is 5.32 Å². The van der Waals surface area contributed by atoms with Crippen LogP contribution in [-0.2, 0) is 19.1 Å². The van der Waals surface area contributed by atoms with Crippen LogP contribution in [0, 0.1) is 11.3 Å². The molecule has 5 atom stereocenters. The van der Waals surface area contributed by atoms with Gasteiger partial charge in [-0.1, -0.05) is 6.92 Å². The van der Waals surface area contributed by atoms with Gasteiger partial charge in [-0.05, 0) is 37.8 Å². The van der Waals surface area contributed by atoms with Crippen molar-refractivity contribution in [3.8, 4) is 0 Å². The second-order valence-electron chi connectivity index (χ2n) is 7.15. The molecule has 4 aliphatic rings. The largest absolute Gasteiger partial charge is 0.390 e. The fourth-order valence-corrected chi connectivity index (χ4v) is 4.59. The number of ether oxygens (including phenoxy) is 1. The van der Waals surface area contributed by atoms with Crippen LogP contribution in [0.1, 0.15) is 33.1 Å². The van der Waals surface area contributed by atoms with Gasteiger partial charge in [-0.3, -0.25) is 14.4 Å². The van der Waals surface area contributed by atoms with Gasteiger partial charge in [-0.25, -0.2) is 0 Å². The third-order valence-corrected chi connectivity index (χ3v) is 5.83. The minimum absolute atomic E-state index is 0.199. The van der Waals surface area contributed by atoms with Crippen molar-refractivity contribution < 1.29 is 24.2 Å². The SMILES string of the molecule is CC1CC2OC34C(=CC(=O)C=C3NC(=O)C4(C)C1=O)CCC2O. The van der Waals surface area contributed by atoms with E-state index in [1.54, 1.807) is 13.8 Å². The van der Waals surface area contributed by atoms with Crippen LogP contribution in [0.15, 0.2) is 23.4 Å². The summed E-state index contributed by atoms with van der Waals surface area (Å²) in [6.07, 6.45) is 2.78. The first-order valence-electron chi connectivity index (χ1n) is 7.99. The number of allylic oxidation sites excluding steroid dienone is 2. The highest BCUT2D eigenvalue weighted by Gasteiger charge is 2.71. The highest BCUT2D eigenvalue weighted by molar-refractivity contribution is 6.15. The molecule has 3 saturated heterocycles. The van der Waals surface area contributed by atoms with Crippen LogP contribution >= 0.6 is 0 Å². The molecule has 1 spiro atoms. The van der Waals surface area contributed by atoms with E-state index in [4.69, 9.17) is 4.74 Å². The van der Waals surface area contributed by atoms with Gasteiger partial charge in [0.25, 0.3) is 0 Å². The van der Waals surface area contributed by atoms with Gasteiger partial charge >= 0.3 is 0 Å². The van der Waals surface area contributed by atoms with Gasteiger partial charge in [0, 0.05) is 12.0 Å². The Hall–Kier alpha value is -1.79. The maximum absolute atomic E-state index is 13.1. The lowest BCUT2D eigenvalue weighted by molar-refractivity contribution is -0.155. The lowest BCUT2D eigenvalue weighted by Gasteiger charge is -2.42. The molecule has 0 saturated carbocycles. The molecule has 1 aliphatic carbocycles. The number of carbonyl (C=O) groups excluding carboxylic acids is 3. The molecule has 23 heavy (non-hydrogen) atoms. The molecule has 0 aromatic carbocycles. The summed E-state index contributed by atoms with van der Waals surface area (Å²) in [6, 6.07) is 0. The summed E-state index contributed by atoms with van der Waals surface area (Å²) < 4.78 is 6.28. The first-order chi connectivity index (χ1) is 10.8. The van der Waals surface area contributed by atoms with Gasteiger partial charge in [0.05, 0.1) is 17.9 Å². The van der Waals surface area contributed by atoms with E-state index in [1.807, 2.05) is 0 Å². The Labute approximate surface area is 133 Å². The number of ketones is 2. The summed E-state index contributed by atoms with van der Waals surface area (Å²) in [7, 11) is 0. The fraction of sp³-hybridized carbons (Fsp3) is 0.588. The minimum atomic E-state index is -1.41. The van der Waals surface area contributed by atoms with Gasteiger partial charge in [0.1, 0.15) is 5.41 Å². The van der Waals surface area contributed by atoms with E-state index in [9.17, 15) is 19.5 Å². The summed E-state index contributed by atoms with van der Waals surface area (Å²) in [5.74, 6) is -1.26. The Morgan fingerprint density at radius 2 is 2.04 bits per heavy atom. The molecule has 5 unspecified atom stereocenters. The van der Waals surface area contributed by atoms with Crippen molar-refractivity contribution in [2.45, 2.75) is 50.9 Å². The Kier molecular flexibility index (Phi) is 2.82. The van der Waals surface area contributed by atoms with Crippen molar-refractivity contribution in [1.29, 1.82) is 0 Å². The Bertz CT molecular complexity index is 708. The molecule has 122 valence electrons. The number of hydrogen-bond acceptors (Lipinski definition) is 5. The molecule has 0 aromatic heterocycles. The fourth-order valence-electron chi connectivity index (χ4n) is 4.59. The van der Waals surface area contributed by atoms with Crippen molar-refractivity contribution in [2.75, 3.05) is 0 Å². The average molecular weight is 317 g/mol. The van der Waals surface area contributed by atoms with Crippen LogP contribution < -0.4 is 5.32 Å². The molecule has 6 nitrogen and oxygen atoms in total. The second kappa shape index (κ2) is 4.39. The molecular formula is C17H19NO5. The first-order valence-corrected chi connectivity index (χ1v) is 7.99. The van der Waals surface area contributed by atoms with E-state index < -0.39 is 35.0 Å². The Balaban J connectivity index is 2.03. The molecule has 0 radical (unpaired) electrons. The highest BCUT2D eigenvalue weighted by atomic mass is 16.5. The van der Waals surface area contributed by atoms with E-state index >= 15 is 0 Å². The zero-order chi connectivity index (χ0) is 16.6. The number of aliphatic hydroxyl groups excluding tert-OH is 1. The van der Waals surface area contributed by atoms with Crippen LogP contribution in [0.4, 0.5) is 0 Å². The van der Waals surface area contributed by atoms with Crippen molar-refractivity contribution in [3.05, 3.63) is 23.4 Å². The average Bonchev–Trinajstić information content (AvgIpc) is 2.60. The molecular weight excluding hydrogens is 298 g/mol. The van der Waals surface area contributed by atoms with Gasteiger partial charge in [-0.2, -0.15) is 0 Å². The van der Waals surface area contributed by atoms with Gasteiger partial charge < -0.3 is 15.2 Å².